The topological polar surface area (TPSA) is 34.1 Å². The summed E-state index contributed by atoms with van der Waals surface area (Å²) in [6.07, 6.45) is 2.87. The van der Waals surface area contributed by atoms with Gasteiger partial charge in [-0.05, 0) is 23.1 Å². The molecular formula is C13H8O2. The monoisotopic (exact) mass is 196 g/mol. The molecule has 2 nitrogen and oxygen atoms in total. The maximum Gasteiger partial charge on any atom is 0.233 e. The smallest absolute Gasteiger partial charge is 0.233 e. The van der Waals surface area contributed by atoms with Gasteiger partial charge in [0.25, 0.3) is 0 Å². The first-order chi connectivity index (χ1) is 7.27. The van der Waals surface area contributed by atoms with E-state index in [1.807, 2.05) is 30.3 Å². The Morgan fingerprint density at radius 1 is 1.00 bits per heavy atom. The van der Waals surface area contributed by atoms with E-state index in [2.05, 4.69) is 0 Å². The highest BCUT2D eigenvalue weighted by atomic mass is 16.2. The highest BCUT2D eigenvalue weighted by Gasteiger charge is 2.20. The summed E-state index contributed by atoms with van der Waals surface area (Å²) in [6, 6.07) is 9.40. The van der Waals surface area contributed by atoms with E-state index < -0.39 is 0 Å². The van der Waals surface area contributed by atoms with Crippen LogP contribution >= 0.6 is 0 Å². The maximum absolute atomic E-state index is 11.3. The van der Waals surface area contributed by atoms with Crippen LogP contribution in [0, 0.1) is 0 Å². The fraction of sp³-hybridized carbons (Fsp3) is 0.0769. The van der Waals surface area contributed by atoms with Crippen LogP contribution < -0.4 is 10.9 Å². The molecule has 0 spiro atoms. The van der Waals surface area contributed by atoms with Gasteiger partial charge in [0.05, 0.1) is 0 Å². The van der Waals surface area contributed by atoms with Gasteiger partial charge in [0.2, 0.25) is 10.9 Å². The Morgan fingerprint density at radius 2 is 1.80 bits per heavy atom. The van der Waals surface area contributed by atoms with Crippen LogP contribution in [0.5, 0.6) is 0 Å². The summed E-state index contributed by atoms with van der Waals surface area (Å²) in [6.45, 7) is 0. The van der Waals surface area contributed by atoms with Gasteiger partial charge in [0, 0.05) is 11.6 Å². The van der Waals surface area contributed by atoms with Crippen molar-refractivity contribution in [3.8, 4) is 0 Å². The van der Waals surface area contributed by atoms with Crippen molar-refractivity contribution in [3.05, 3.63) is 73.5 Å². The molecule has 3 rings (SSSR count). The summed E-state index contributed by atoms with van der Waals surface area (Å²) in [5, 5.41) is 0. The van der Waals surface area contributed by atoms with Crippen LogP contribution in [0.3, 0.4) is 0 Å². The standard InChI is InChI=1S/C13H8O2/c14-12-7-11(13(12)15)10-6-5-8-3-1-2-4-9(8)10/h1-4,6-7H,5H2. The van der Waals surface area contributed by atoms with E-state index in [0.29, 0.717) is 5.56 Å². The predicted octanol–water partition coefficient (Wildman–Crippen LogP) is 1.27. The number of hydrogen-bond acceptors (Lipinski definition) is 2. The van der Waals surface area contributed by atoms with Crippen molar-refractivity contribution in [1.29, 1.82) is 0 Å². The molecule has 2 aromatic carbocycles. The average molecular weight is 196 g/mol. The van der Waals surface area contributed by atoms with Crippen LogP contribution in [0.25, 0.3) is 5.57 Å². The van der Waals surface area contributed by atoms with Crippen molar-refractivity contribution in [3.63, 3.8) is 0 Å². The van der Waals surface area contributed by atoms with Gasteiger partial charge in [-0.15, -0.1) is 0 Å². The Bertz CT molecular complexity index is 640. The second-order valence-corrected chi connectivity index (χ2v) is 3.73. The largest absolute Gasteiger partial charge is 0.286 e. The first-order valence-corrected chi connectivity index (χ1v) is 4.86. The number of hydrogen-bond donors (Lipinski definition) is 0. The summed E-state index contributed by atoms with van der Waals surface area (Å²) in [5.41, 5.74) is 3.08. The third-order valence-corrected chi connectivity index (χ3v) is 2.87. The minimum atomic E-state index is -0.379. The summed E-state index contributed by atoms with van der Waals surface area (Å²) in [5.74, 6) is 0. The van der Waals surface area contributed by atoms with Crippen molar-refractivity contribution < 1.29 is 0 Å². The fourth-order valence-electron chi connectivity index (χ4n) is 2.06. The molecule has 1 aliphatic carbocycles. The normalized spacial score (nSPS) is 14.0. The molecule has 0 heterocycles. The number of benzene rings is 1. The van der Waals surface area contributed by atoms with Crippen LogP contribution in [0.4, 0.5) is 0 Å². The van der Waals surface area contributed by atoms with E-state index in [1.54, 1.807) is 0 Å². The van der Waals surface area contributed by atoms with Crippen molar-refractivity contribution in [1.82, 2.24) is 0 Å². The molecule has 0 aromatic heterocycles. The van der Waals surface area contributed by atoms with Gasteiger partial charge in [-0.2, -0.15) is 0 Å². The molecule has 15 heavy (non-hydrogen) atoms. The van der Waals surface area contributed by atoms with E-state index in [-0.39, 0.29) is 10.9 Å². The van der Waals surface area contributed by atoms with E-state index in [4.69, 9.17) is 0 Å². The molecule has 0 saturated carbocycles. The summed E-state index contributed by atoms with van der Waals surface area (Å²) in [7, 11) is 0. The Balaban J connectivity index is 2.17. The lowest BCUT2D eigenvalue weighted by atomic mass is 9.96. The Morgan fingerprint density at radius 3 is 2.53 bits per heavy atom. The van der Waals surface area contributed by atoms with Crippen LogP contribution in [-0.4, -0.2) is 0 Å². The predicted molar refractivity (Wildman–Crippen MR) is 58.6 cm³/mol. The fourth-order valence-corrected chi connectivity index (χ4v) is 2.06. The first-order valence-electron chi connectivity index (χ1n) is 4.86. The van der Waals surface area contributed by atoms with Gasteiger partial charge in [-0.1, -0.05) is 30.3 Å². The van der Waals surface area contributed by atoms with Crippen LogP contribution in [0.2, 0.25) is 0 Å². The van der Waals surface area contributed by atoms with E-state index >= 15 is 0 Å². The van der Waals surface area contributed by atoms with Gasteiger partial charge in [0.15, 0.2) is 0 Å². The second-order valence-electron chi connectivity index (χ2n) is 3.73. The van der Waals surface area contributed by atoms with Crippen LogP contribution in [0.15, 0.2) is 46.0 Å². The summed E-state index contributed by atoms with van der Waals surface area (Å²) in [4.78, 5) is 22.2. The van der Waals surface area contributed by atoms with Crippen LogP contribution in [-0.2, 0) is 6.42 Å². The van der Waals surface area contributed by atoms with Crippen LogP contribution in [0.1, 0.15) is 16.7 Å². The second kappa shape index (κ2) is 2.76. The lowest BCUT2D eigenvalue weighted by Crippen LogP contribution is -2.33. The molecule has 0 bridgehead atoms. The molecule has 0 saturated heterocycles. The average Bonchev–Trinajstić information content (AvgIpc) is 2.69. The molecule has 0 fully saturated rings. The van der Waals surface area contributed by atoms with Crippen molar-refractivity contribution in [2.45, 2.75) is 6.42 Å². The third kappa shape index (κ3) is 1.05. The first kappa shape index (κ1) is 8.36. The van der Waals surface area contributed by atoms with Crippen molar-refractivity contribution >= 4 is 5.57 Å². The summed E-state index contributed by atoms with van der Waals surface area (Å²) >= 11 is 0. The van der Waals surface area contributed by atoms with Gasteiger partial charge >= 0.3 is 0 Å². The number of rotatable bonds is 1. The number of allylic oxidation sites excluding steroid dienone is 1. The van der Waals surface area contributed by atoms with Gasteiger partial charge in [-0.25, -0.2) is 0 Å². The molecule has 2 aromatic rings. The van der Waals surface area contributed by atoms with Gasteiger partial charge < -0.3 is 0 Å². The molecule has 0 unspecified atom stereocenters. The maximum atomic E-state index is 11.3. The highest BCUT2D eigenvalue weighted by molar-refractivity contribution is 5.85. The Hall–Kier alpha value is -1.96. The van der Waals surface area contributed by atoms with E-state index in [1.165, 1.54) is 11.6 Å². The highest BCUT2D eigenvalue weighted by Crippen LogP contribution is 2.30. The minimum Gasteiger partial charge on any atom is -0.286 e. The zero-order chi connectivity index (χ0) is 10.4. The van der Waals surface area contributed by atoms with Crippen molar-refractivity contribution in [2.75, 3.05) is 0 Å². The Kier molecular flexibility index (Phi) is 1.54. The lowest BCUT2D eigenvalue weighted by molar-refractivity contribution is 1.31. The summed E-state index contributed by atoms with van der Waals surface area (Å²) < 4.78 is 0. The third-order valence-electron chi connectivity index (χ3n) is 2.87. The minimum absolute atomic E-state index is 0.349. The molecular weight excluding hydrogens is 188 g/mol. The zero-order valence-electron chi connectivity index (χ0n) is 7.99. The lowest BCUT2D eigenvalue weighted by Gasteiger charge is -2.05. The van der Waals surface area contributed by atoms with Gasteiger partial charge in [0.1, 0.15) is 0 Å². The molecule has 0 aliphatic heterocycles. The van der Waals surface area contributed by atoms with E-state index in [0.717, 1.165) is 17.6 Å². The zero-order valence-corrected chi connectivity index (χ0v) is 7.99. The quantitative estimate of drug-likeness (QED) is 0.644. The SMILES string of the molecule is O=c1cc(C2=CCc3ccccc32)c1=O. The molecule has 1 aliphatic rings. The van der Waals surface area contributed by atoms with E-state index in [9.17, 15) is 9.59 Å². The Labute approximate surface area is 86.2 Å². The molecule has 2 heteroatoms. The molecule has 0 atom stereocenters. The molecule has 0 radical (unpaired) electrons. The number of fused-ring (bicyclic) bond motifs is 1. The van der Waals surface area contributed by atoms with Crippen molar-refractivity contribution in [2.24, 2.45) is 0 Å². The molecule has 0 amide bonds. The van der Waals surface area contributed by atoms with Gasteiger partial charge in [-0.3, -0.25) is 9.59 Å². The molecule has 72 valence electrons. The molecule has 0 N–H and O–H groups in total.